The second-order valence-electron chi connectivity index (χ2n) is 7.07. The number of hydrogen-bond donors (Lipinski definition) is 1. The topological polar surface area (TPSA) is 67.2 Å². The van der Waals surface area contributed by atoms with Crippen molar-refractivity contribution in [3.05, 3.63) is 48.3 Å². The van der Waals surface area contributed by atoms with Crippen LogP contribution in [0, 0.1) is 0 Å². The number of rotatable bonds is 6. The van der Waals surface area contributed by atoms with Gasteiger partial charge in [-0.25, -0.2) is 0 Å². The molecule has 0 fully saturated rings. The van der Waals surface area contributed by atoms with Gasteiger partial charge >= 0.3 is 0 Å². The van der Waals surface area contributed by atoms with Gasteiger partial charge in [0.25, 0.3) is 0 Å². The molecule has 0 atom stereocenters. The Morgan fingerprint density at radius 2 is 1.88 bits per heavy atom. The lowest BCUT2D eigenvalue weighted by atomic mass is 10.1. The summed E-state index contributed by atoms with van der Waals surface area (Å²) in [4.78, 5) is 25.7. The van der Waals surface area contributed by atoms with Crippen molar-refractivity contribution in [3.63, 3.8) is 0 Å². The summed E-state index contributed by atoms with van der Waals surface area (Å²) < 4.78 is 1.81. The van der Waals surface area contributed by atoms with E-state index in [1.807, 2.05) is 57.3 Å². The Bertz CT molecular complexity index is 717. The van der Waals surface area contributed by atoms with Gasteiger partial charge in [0.2, 0.25) is 11.8 Å². The molecule has 2 amide bonds. The predicted octanol–water partition coefficient (Wildman–Crippen LogP) is 3.02. The predicted molar refractivity (Wildman–Crippen MR) is 98.0 cm³/mol. The minimum atomic E-state index is -0.135. The summed E-state index contributed by atoms with van der Waals surface area (Å²) >= 11 is 0. The smallest absolute Gasteiger partial charge is 0.226 e. The van der Waals surface area contributed by atoms with Crippen molar-refractivity contribution in [2.45, 2.75) is 46.2 Å². The summed E-state index contributed by atoms with van der Waals surface area (Å²) in [5.41, 5.74) is 1.58. The molecule has 0 saturated heterocycles. The van der Waals surface area contributed by atoms with Crippen LogP contribution in [0.5, 0.6) is 0 Å². The monoisotopic (exact) mass is 342 g/mol. The average Bonchev–Trinajstić information content (AvgIpc) is 3.01. The van der Waals surface area contributed by atoms with Crippen LogP contribution in [0.4, 0.5) is 5.69 Å². The fourth-order valence-corrected chi connectivity index (χ4v) is 2.37. The number of anilines is 1. The fraction of sp³-hybridized carbons (Fsp3) is 0.421. The molecule has 0 bridgehead atoms. The summed E-state index contributed by atoms with van der Waals surface area (Å²) in [5.74, 6) is -0.176. The first-order chi connectivity index (χ1) is 11.8. The van der Waals surface area contributed by atoms with Crippen LogP contribution in [0.15, 0.2) is 42.7 Å². The number of benzene rings is 1. The zero-order valence-electron chi connectivity index (χ0n) is 15.3. The van der Waals surface area contributed by atoms with Gasteiger partial charge in [-0.15, -0.1) is 0 Å². The minimum Gasteiger partial charge on any atom is -0.338 e. The van der Waals surface area contributed by atoms with Crippen molar-refractivity contribution < 1.29 is 9.59 Å². The molecule has 25 heavy (non-hydrogen) atoms. The molecular formula is C19H26N4O2. The van der Waals surface area contributed by atoms with Crippen LogP contribution >= 0.6 is 0 Å². The number of carbonyl (C=O) groups excluding carboxylic acids is 2. The van der Waals surface area contributed by atoms with E-state index in [9.17, 15) is 9.59 Å². The molecule has 1 aromatic heterocycles. The quantitative estimate of drug-likeness (QED) is 0.877. The minimum absolute atomic E-state index is 0.0443. The largest absolute Gasteiger partial charge is 0.338 e. The molecule has 2 rings (SSSR count). The van der Waals surface area contributed by atoms with Crippen molar-refractivity contribution in [3.8, 4) is 0 Å². The van der Waals surface area contributed by atoms with Gasteiger partial charge in [0.1, 0.15) is 0 Å². The van der Waals surface area contributed by atoms with Crippen molar-refractivity contribution in [1.29, 1.82) is 0 Å². The third-order valence-corrected chi connectivity index (χ3v) is 3.82. The molecule has 1 N–H and O–H groups in total. The number of nitrogens with one attached hydrogen (secondary N) is 1. The van der Waals surface area contributed by atoms with Gasteiger partial charge in [0.15, 0.2) is 0 Å². The summed E-state index contributed by atoms with van der Waals surface area (Å²) in [6.45, 7) is 8.53. The zero-order chi connectivity index (χ0) is 18.4. The van der Waals surface area contributed by atoms with E-state index in [2.05, 4.69) is 10.4 Å². The van der Waals surface area contributed by atoms with E-state index in [1.54, 1.807) is 15.8 Å². The fourth-order valence-electron chi connectivity index (χ4n) is 2.37. The van der Waals surface area contributed by atoms with E-state index in [4.69, 9.17) is 0 Å². The van der Waals surface area contributed by atoms with Gasteiger partial charge < -0.3 is 10.2 Å². The highest BCUT2D eigenvalue weighted by Gasteiger charge is 2.16. The molecule has 0 unspecified atom stereocenters. The van der Waals surface area contributed by atoms with E-state index in [0.717, 1.165) is 5.56 Å². The third-order valence-electron chi connectivity index (χ3n) is 3.82. The van der Waals surface area contributed by atoms with Crippen LogP contribution in [0.2, 0.25) is 0 Å². The highest BCUT2D eigenvalue weighted by Crippen LogP contribution is 2.16. The van der Waals surface area contributed by atoms with E-state index < -0.39 is 0 Å². The number of amides is 2. The van der Waals surface area contributed by atoms with Crippen molar-refractivity contribution in [1.82, 2.24) is 14.7 Å². The second-order valence-corrected chi connectivity index (χ2v) is 7.07. The van der Waals surface area contributed by atoms with Gasteiger partial charge in [0.05, 0.1) is 17.4 Å². The molecule has 2 aromatic rings. The molecule has 1 aromatic carbocycles. The maximum absolute atomic E-state index is 12.2. The SMILES string of the molecule is CC(=O)N(CCC(=O)Nc1cnn(C(C)(C)C)c1)Cc1ccccc1. The maximum atomic E-state index is 12.2. The summed E-state index contributed by atoms with van der Waals surface area (Å²) in [5, 5.41) is 7.09. The first kappa shape index (κ1) is 18.7. The van der Waals surface area contributed by atoms with Gasteiger partial charge in [0, 0.05) is 32.6 Å². The molecule has 0 aliphatic heterocycles. The van der Waals surface area contributed by atoms with Crippen LogP contribution in [0.1, 0.15) is 39.7 Å². The second kappa shape index (κ2) is 7.96. The molecule has 1 heterocycles. The molecular weight excluding hydrogens is 316 g/mol. The van der Waals surface area contributed by atoms with Crippen molar-refractivity contribution in [2.24, 2.45) is 0 Å². The zero-order valence-corrected chi connectivity index (χ0v) is 15.3. The van der Waals surface area contributed by atoms with Crippen LogP contribution in [0.25, 0.3) is 0 Å². The van der Waals surface area contributed by atoms with Crippen LogP contribution in [-0.2, 0) is 21.7 Å². The lowest BCUT2D eigenvalue weighted by molar-refractivity contribution is -0.129. The number of aromatic nitrogens is 2. The highest BCUT2D eigenvalue weighted by molar-refractivity contribution is 5.90. The van der Waals surface area contributed by atoms with E-state index in [0.29, 0.717) is 18.8 Å². The maximum Gasteiger partial charge on any atom is 0.226 e. The Labute approximate surface area is 148 Å². The molecule has 6 nitrogen and oxygen atoms in total. The first-order valence-corrected chi connectivity index (χ1v) is 8.40. The van der Waals surface area contributed by atoms with Gasteiger partial charge in [-0.2, -0.15) is 5.10 Å². The van der Waals surface area contributed by atoms with Gasteiger partial charge in [-0.1, -0.05) is 30.3 Å². The average molecular weight is 342 g/mol. The molecule has 0 spiro atoms. The summed E-state index contributed by atoms with van der Waals surface area (Å²) in [7, 11) is 0. The van der Waals surface area contributed by atoms with Crippen LogP contribution < -0.4 is 5.32 Å². The number of nitrogens with zero attached hydrogens (tertiary/aromatic N) is 3. The van der Waals surface area contributed by atoms with Gasteiger partial charge in [-0.05, 0) is 26.3 Å². The Morgan fingerprint density at radius 1 is 1.20 bits per heavy atom. The van der Waals surface area contributed by atoms with E-state index >= 15 is 0 Å². The molecule has 6 heteroatoms. The van der Waals surface area contributed by atoms with E-state index in [1.165, 1.54) is 6.92 Å². The molecule has 0 aliphatic carbocycles. The van der Waals surface area contributed by atoms with Crippen molar-refractivity contribution in [2.75, 3.05) is 11.9 Å². The molecule has 0 aliphatic rings. The Balaban J connectivity index is 1.88. The van der Waals surface area contributed by atoms with E-state index in [-0.39, 0.29) is 23.8 Å². The number of hydrogen-bond acceptors (Lipinski definition) is 3. The summed E-state index contributed by atoms with van der Waals surface area (Å²) in [6, 6.07) is 9.75. The van der Waals surface area contributed by atoms with Crippen LogP contribution in [0.3, 0.4) is 0 Å². The molecule has 0 radical (unpaired) electrons. The van der Waals surface area contributed by atoms with Gasteiger partial charge in [-0.3, -0.25) is 14.3 Å². The summed E-state index contributed by atoms with van der Waals surface area (Å²) in [6.07, 6.45) is 3.69. The van der Waals surface area contributed by atoms with Crippen molar-refractivity contribution >= 4 is 17.5 Å². The highest BCUT2D eigenvalue weighted by atomic mass is 16.2. The Morgan fingerprint density at radius 3 is 2.44 bits per heavy atom. The molecule has 0 saturated carbocycles. The third kappa shape index (κ3) is 5.74. The molecule has 134 valence electrons. The van der Waals surface area contributed by atoms with Crippen LogP contribution in [-0.4, -0.2) is 33.0 Å². The normalized spacial score (nSPS) is 11.2. The lowest BCUT2D eigenvalue weighted by Gasteiger charge is -2.21. The standard InChI is InChI=1S/C19H26N4O2/c1-15(24)22(13-16-8-6-5-7-9-16)11-10-18(25)21-17-12-20-23(14-17)19(2,3)4/h5-9,12,14H,10-11,13H2,1-4H3,(H,21,25). The Hall–Kier alpha value is -2.63. The lowest BCUT2D eigenvalue weighted by Crippen LogP contribution is -2.31. The first-order valence-electron chi connectivity index (χ1n) is 8.40. The Kier molecular flexibility index (Phi) is 5.96. The number of carbonyl (C=O) groups is 2.